The molecule has 1 fully saturated rings. The molecule has 2 nitrogen and oxygen atoms in total. The average Bonchev–Trinajstić information content (AvgIpc) is 2.40. The molecular formula is C16H21NO. The number of phenols is 1. The second-order valence-corrected chi connectivity index (χ2v) is 5.39. The van der Waals surface area contributed by atoms with E-state index in [1.807, 2.05) is 12.1 Å². The molecule has 0 amide bonds. The minimum Gasteiger partial charge on any atom is -0.507 e. The van der Waals surface area contributed by atoms with Gasteiger partial charge in [-0.05, 0) is 55.2 Å². The van der Waals surface area contributed by atoms with Crippen molar-refractivity contribution in [1.82, 2.24) is 0 Å². The van der Waals surface area contributed by atoms with Gasteiger partial charge in [-0.25, -0.2) is 0 Å². The molecule has 96 valence electrons. The van der Waals surface area contributed by atoms with Crippen LogP contribution in [-0.2, 0) is 0 Å². The third-order valence-electron chi connectivity index (χ3n) is 4.16. The van der Waals surface area contributed by atoms with Crippen LogP contribution in [0.5, 0.6) is 5.75 Å². The van der Waals surface area contributed by atoms with Crippen LogP contribution in [0.25, 0.3) is 0 Å². The third kappa shape index (κ3) is 2.85. The standard InChI is InChI=1S/C16H21NO/c1-2-3-12-4-6-13(7-5-12)14-8-9-15(11-17)16(18)10-14/h8-10,12-13,18H,2-7H2,1H3. The van der Waals surface area contributed by atoms with Crippen molar-refractivity contribution >= 4 is 0 Å². The lowest BCUT2D eigenvalue weighted by molar-refractivity contribution is 0.308. The van der Waals surface area contributed by atoms with Crippen LogP contribution < -0.4 is 0 Å². The summed E-state index contributed by atoms with van der Waals surface area (Å²) >= 11 is 0. The lowest BCUT2D eigenvalue weighted by Gasteiger charge is -2.28. The summed E-state index contributed by atoms with van der Waals surface area (Å²) < 4.78 is 0. The first-order chi connectivity index (χ1) is 8.74. The molecule has 0 bridgehead atoms. The van der Waals surface area contributed by atoms with Crippen molar-refractivity contribution in [2.24, 2.45) is 5.92 Å². The molecule has 0 spiro atoms. The van der Waals surface area contributed by atoms with Crippen molar-refractivity contribution in [3.8, 4) is 11.8 Å². The zero-order valence-corrected chi connectivity index (χ0v) is 11.0. The SMILES string of the molecule is CCCC1CCC(c2ccc(C#N)c(O)c2)CC1. The van der Waals surface area contributed by atoms with Gasteiger partial charge in [0.05, 0.1) is 5.56 Å². The van der Waals surface area contributed by atoms with Gasteiger partial charge in [0.2, 0.25) is 0 Å². The number of aromatic hydroxyl groups is 1. The van der Waals surface area contributed by atoms with Crippen molar-refractivity contribution in [2.75, 3.05) is 0 Å². The molecule has 0 aliphatic heterocycles. The molecule has 1 aromatic carbocycles. The zero-order valence-electron chi connectivity index (χ0n) is 11.0. The maximum absolute atomic E-state index is 9.74. The number of phenolic OH excluding ortho intramolecular Hbond substituents is 1. The second kappa shape index (κ2) is 5.91. The average molecular weight is 243 g/mol. The molecule has 0 unspecified atom stereocenters. The molecule has 2 rings (SSSR count). The van der Waals surface area contributed by atoms with Gasteiger partial charge in [0.1, 0.15) is 11.8 Å². The second-order valence-electron chi connectivity index (χ2n) is 5.39. The number of benzene rings is 1. The van der Waals surface area contributed by atoms with Crippen LogP contribution in [-0.4, -0.2) is 5.11 Å². The molecule has 1 aliphatic carbocycles. The number of nitriles is 1. The minimum absolute atomic E-state index is 0.130. The van der Waals surface area contributed by atoms with Gasteiger partial charge in [-0.3, -0.25) is 0 Å². The summed E-state index contributed by atoms with van der Waals surface area (Å²) in [5.41, 5.74) is 1.57. The minimum atomic E-state index is 0.130. The van der Waals surface area contributed by atoms with Crippen LogP contribution in [0, 0.1) is 17.2 Å². The molecule has 0 atom stereocenters. The zero-order chi connectivity index (χ0) is 13.0. The summed E-state index contributed by atoms with van der Waals surface area (Å²) in [4.78, 5) is 0. The summed E-state index contributed by atoms with van der Waals surface area (Å²) in [6.07, 6.45) is 7.68. The largest absolute Gasteiger partial charge is 0.507 e. The molecule has 0 heterocycles. The fourth-order valence-corrected chi connectivity index (χ4v) is 3.09. The normalized spacial score (nSPS) is 23.6. The molecule has 1 aliphatic rings. The van der Waals surface area contributed by atoms with E-state index in [1.54, 1.807) is 12.1 Å². The quantitative estimate of drug-likeness (QED) is 0.858. The molecular weight excluding hydrogens is 222 g/mol. The highest BCUT2D eigenvalue weighted by Gasteiger charge is 2.22. The predicted octanol–water partition coefficient (Wildman–Crippen LogP) is 4.34. The van der Waals surface area contributed by atoms with Gasteiger partial charge in [0.15, 0.2) is 0 Å². The van der Waals surface area contributed by atoms with Crippen molar-refractivity contribution in [1.29, 1.82) is 5.26 Å². The lowest BCUT2D eigenvalue weighted by atomic mass is 9.77. The van der Waals surface area contributed by atoms with Crippen LogP contribution >= 0.6 is 0 Å². The molecule has 0 radical (unpaired) electrons. The molecule has 1 N–H and O–H groups in total. The molecule has 0 aromatic heterocycles. The molecule has 18 heavy (non-hydrogen) atoms. The van der Waals surface area contributed by atoms with Crippen LogP contribution in [0.2, 0.25) is 0 Å². The monoisotopic (exact) mass is 243 g/mol. The van der Waals surface area contributed by atoms with E-state index < -0.39 is 0 Å². The summed E-state index contributed by atoms with van der Waals surface area (Å²) in [5, 5.41) is 18.5. The fraction of sp³-hybridized carbons (Fsp3) is 0.562. The first-order valence-corrected chi connectivity index (χ1v) is 6.97. The lowest BCUT2D eigenvalue weighted by Crippen LogP contribution is -2.13. The number of hydrogen-bond acceptors (Lipinski definition) is 2. The van der Waals surface area contributed by atoms with Gasteiger partial charge in [-0.2, -0.15) is 5.26 Å². The van der Waals surface area contributed by atoms with E-state index in [1.165, 1.54) is 44.1 Å². The Morgan fingerprint density at radius 1 is 1.28 bits per heavy atom. The van der Waals surface area contributed by atoms with Gasteiger partial charge in [0.25, 0.3) is 0 Å². The third-order valence-corrected chi connectivity index (χ3v) is 4.16. The molecule has 1 aromatic rings. The Morgan fingerprint density at radius 3 is 2.56 bits per heavy atom. The molecule has 2 heteroatoms. The van der Waals surface area contributed by atoms with Gasteiger partial charge >= 0.3 is 0 Å². The number of nitrogens with zero attached hydrogens (tertiary/aromatic N) is 1. The van der Waals surface area contributed by atoms with Gasteiger partial charge in [-0.15, -0.1) is 0 Å². The Hall–Kier alpha value is -1.49. The first kappa shape index (κ1) is 13.0. The maximum Gasteiger partial charge on any atom is 0.133 e. The van der Waals surface area contributed by atoms with Crippen molar-refractivity contribution in [3.63, 3.8) is 0 Å². The van der Waals surface area contributed by atoms with E-state index >= 15 is 0 Å². The van der Waals surface area contributed by atoms with Gasteiger partial charge in [0, 0.05) is 0 Å². The molecule has 1 saturated carbocycles. The van der Waals surface area contributed by atoms with E-state index in [0.717, 1.165) is 5.92 Å². The van der Waals surface area contributed by atoms with E-state index in [4.69, 9.17) is 5.26 Å². The first-order valence-electron chi connectivity index (χ1n) is 6.97. The summed E-state index contributed by atoms with van der Waals surface area (Å²) in [7, 11) is 0. The topological polar surface area (TPSA) is 44.0 Å². The Kier molecular flexibility index (Phi) is 4.25. The Balaban J connectivity index is 2.02. The van der Waals surface area contributed by atoms with E-state index in [0.29, 0.717) is 11.5 Å². The van der Waals surface area contributed by atoms with Crippen LogP contribution in [0.4, 0.5) is 0 Å². The van der Waals surface area contributed by atoms with Crippen LogP contribution in [0.15, 0.2) is 18.2 Å². The highest BCUT2D eigenvalue weighted by Crippen LogP contribution is 2.38. The highest BCUT2D eigenvalue weighted by atomic mass is 16.3. The molecule has 0 saturated heterocycles. The summed E-state index contributed by atoms with van der Waals surface area (Å²) in [5.74, 6) is 1.60. The van der Waals surface area contributed by atoms with E-state index in [2.05, 4.69) is 6.92 Å². The highest BCUT2D eigenvalue weighted by molar-refractivity contribution is 5.45. The van der Waals surface area contributed by atoms with Gasteiger partial charge in [-0.1, -0.05) is 25.8 Å². The Bertz CT molecular complexity index is 439. The summed E-state index contributed by atoms with van der Waals surface area (Å²) in [6.45, 7) is 2.25. The van der Waals surface area contributed by atoms with E-state index in [9.17, 15) is 5.11 Å². The maximum atomic E-state index is 9.74. The number of hydrogen-bond donors (Lipinski definition) is 1. The van der Waals surface area contributed by atoms with Crippen molar-refractivity contribution in [3.05, 3.63) is 29.3 Å². The van der Waals surface area contributed by atoms with Gasteiger partial charge < -0.3 is 5.11 Å². The predicted molar refractivity (Wildman–Crippen MR) is 72.4 cm³/mol. The fourth-order valence-electron chi connectivity index (χ4n) is 3.09. The Morgan fingerprint density at radius 2 is 2.00 bits per heavy atom. The van der Waals surface area contributed by atoms with E-state index in [-0.39, 0.29) is 5.75 Å². The number of rotatable bonds is 3. The summed E-state index contributed by atoms with van der Waals surface area (Å²) in [6, 6.07) is 7.52. The Labute approximate surface area is 109 Å². The smallest absolute Gasteiger partial charge is 0.133 e. The van der Waals surface area contributed by atoms with Crippen molar-refractivity contribution in [2.45, 2.75) is 51.4 Å². The van der Waals surface area contributed by atoms with Crippen LogP contribution in [0.1, 0.15) is 62.5 Å². The van der Waals surface area contributed by atoms with Crippen LogP contribution in [0.3, 0.4) is 0 Å². The van der Waals surface area contributed by atoms with Crippen molar-refractivity contribution < 1.29 is 5.11 Å².